The molecule has 0 saturated heterocycles. The predicted molar refractivity (Wildman–Crippen MR) is 43.6 cm³/mol. The summed E-state index contributed by atoms with van der Waals surface area (Å²) in [7, 11) is 1.19. The Kier molecular flexibility index (Phi) is 2.87. The number of rotatable bonds is 2. The molecule has 6 heteroatoms. The standard InChI is InChI=1S/C7H6ClF2NO2/c1-13-5-4(12)3(7(9)10)2-11-6(5)8/h2,7H,1H3,(H,11,12). The SMILES string of the molecule is COc1c(Cl)[nH]cc(C(F)F)c1=O. The number of hydrogen-bond acceptors (Lipinski definition) is 2. The van der Waals surface area contributed by atoms with Gasteiger partial charge in [0.05, 0.1) is 12.7 Å². The highest BCUT2D eigenvalue weighted by Crippen LogP contribution is 2.21. The van der Waals surface area contributed by atoms with Gasteiger partial charge >= 0.3 is 0 Å². The minimum atomic E-state index is -2.84. The van der Waals surface area contributed by atoms with Crippen LogP contribution < -0.4 is 10.2 Å². The molecule has 0 saturated carbocycles. The molecule has 0 fully saturated rings. The fourth-order valence-electron chi connectivity index (χ4n) is 0.847. The first-order valence-electron chi connectivity index (χ1n) is 3.31. The van der Waals surface area contributed by atoms with Crippen molar-refractivity contribution >= 4 is 11.6 Å². The largest absolute Gasteiger partial charge is 0.490 e. The van der Waals surface area contributed by atoms with Crippen LogP contribution in [0, 0.1) is 0 Å². The van der Waals surface area contributed by atoms with Crippen LogP contribution in [-0.2, 0) is 0 Å². The Balaban J connectivity index is 3.37. The second-order valence-corrected chi connectivity index (χ2v) is 2.60. The molecule has 0 bridgehead atoms. The van der Waals surface area contributed by atoms with Crippen LogP contribution in [0.15, 0.2) is 11.0 Å². The molecular weight excluding hydrogens is 204 g/mol. The Morgan fingerprint density at radius 1 is 1.62 bits per heavy atom. The average Bonchev–Trinajstić information content (AvgIpc) is 2.04. The highest BCUT2D eigenvalue weighted by molar-refractivity contribution is 6.30. The molecular formula is C7H6ClF2NO2. The summed E-state index contributed by atoms with van der Waals surface area (Å²) < 4.78 is 28.9. The Morgan fingerprint density at radius 2 is 2.23 bits per heavy atom. The van der Waals surface area contributed by atoms with Gasteiger partial charge < -0.3 is 9.72 Å². The second-order valence-electron chi connectivity index (χ2n) is 2.22. The molecule has 1 aromatic heterocycles. The van der Waals surface area contributed by atoms with Gasteiger partial charge in [0.2, 0.25) is 11.2 Å². The van der Waals surface area contributed by atoms with Crippen LogP contribution in [0.5, 0.6) is 5.75 Å². The molecule has 0 aliphatic heterocycles. The lowest BCUT2D eigenvalue weighted by molar-refractivity contribution is 0.149. The number of nitrogens with one attached hydrogen (secondary N) is 1. The van der Waals surface area contributed by atoms with Crippen LogP contribution in [-0.4, -0.2) is 12.1 Å². The third-order valence-corrected chi connectivity index (χ3v) is 1.74. The Morgan fingerprint density at radius 3 is 2.69 bits per heavy atom. The first-order valence-corrected chi connectivity index (χ1v) is 3.69. The number of pyridine rings is 1. The van der Waals surface area contributed by atoms with Crippen molar-refractivity contribution in [3.8, 4) is 5.75 Å². The summed E-state index contributed by atoms with van der Waals surface area (Å²) in [5.74, 6) is -0.292. The van der Waals surface area contributed by atoms with Crippen LogP contribution in [0.2, 0.25) is 5.15 Å². The molecule has 13 heavy (non-hydrogen) atoms. The monoisotopic (exact) mass is 209 g/mol. The van der Waals surface area contributed by atoms with Crippen LogP contribution in [0.1, 0.15) is 12.0 Å². The third kappa shape index (κ3) is 1.80. The Hall–Kier alpha value is -1.10. The molecule has 1 aromatic rings. The molecule has 1 N–H and O–H groups in total. The number of H-pyrrole nitrogens is 1. The fraction of sp³-hybridized carbons (Fsp3) is 0.286. The lowest BCUT2D eigenvalue weighted by Gasteiger charge is -2.04. The van der Waals surface area contributed by atoms with Crippen LogP contribution in [0.25, 0.3) is 0 Å². The maximum Gasteiger partial charge on any atom is 0.269 e. The first-order chi connectivity index (χ1) is 6.07. The second kappa shape index (κ2) is 3.74. The van der Waals surface area contributed by atoms with Gasteiger partial charge in [0.1, 0.15) is 0 Å². The summed E-state index contributed by atoms with van der Waals surface area (Å²) in [5.41, 5.74) is -1.54. The minimum absolute atomic E-state index is 0.0862. The molecule has 0 atom stereocenters. The number of methoxy groups -OCH3 is 1. The van der Waals surface area contributed by atoms with E-state index in [1.807, 2.05) is 0 Å². The van der Waals surface area contributed by atoms with Crippen molar-refractivity contribution in [2.45, 2.75) is 6.43 Å². The van der Waals surface area contributed by atoms with E-state index in [1.165, 1.54) is 7.11 Å². The van der Waals surface area contributed by atoms with Gasteiger partial charge in [0.25, 0.3) is 6.43 Å². The van der Waals surface area contributed by atoms with E-state index in [0.717, 1.165) is 6.20 Å². The van der Waals surface area contributed by atoms with Crippen molar-refractivity contribution in [3.05, 3.63) is 27.1 Å². The summed E-state index contributed by atoms with van der Waals surface area (Å²) in [4.78, 5) is 13.5. The predicted octanol–water partition coefficient (Wildman–Crippen LogP) is 1.97. The molecule has 0 aromatic carbocycles. The molecule has 0 radical (unpaired) electrons. The van der Waals surface area contributed by atoms with E-state index in [4.69, 9.17) is 11.6 Å². The fourth-order valence-corrected chi connectivity index (χ4v) is 1.06. The van der Waals surface area contributed by atoms with Gasteiger partial charge in [-0.2, -0.15) is 0 Å². The average molecular weight is 210 g/mol. The van der Waals surface area contributed by atoms with E-state index in [1.54, 1.807) is 0 Å². The van der Waals surface area contributed by atoms with Crippen molar-refractivity contribution in [1.82, 2.24) is 4.98 Å². The van der Waals surface area contributed by atoms with E-state index in [2.05, 4.69) is 9.72 Å². The van der Waals surface area contributed by atoms with Crippen LogP contribution >= 0.6 is 11.6 Å². The highest BCUT2D eigenvalue weighted by atomic mass is 35.5. The van der Waals surface area contributed by atoms with Crippen molar-refractivity contribution < 1.29 is 13.5 Å². The zero-order valence-electron chi connectivity index (χ0n) is 6.61. The molecule has 0 spiro atoms. The number of alkyl halides is 2. The van der Waals surface area contributed by atoms with Gasteiger partial charge in [-0.3, -0.25) is 4.79 Å². The van der Waals surface area contributed by atoms with E-state index < -0.39 is 17.4 Å². The lowest BCUT2D eigenvalue weighted by Crippen LogP contribution is -2.13. The summed E-state index contributed by atoms with van der Waals surface area (Å²) in [6.45, 7) is 0. The topological polar surface area (TPSA) is 42.1 Å². The number of ether oxygens (including phenoxy) is 1. The summed E-state index contributed by atoms with van der Waals surface area (Å²) in [6.07, 6.45) is -1.97. The number of aromatic nitrogens is 1. The zero-order chi connectivity index (χ0) is 10.0. The Bertz CT molecular complexity index is 364. The normalized spacial score (nSPS) is 10.5. The lowest BCUT2D eigenvalue weighted by atomic mass is 10.3. The van der Waals surface area contributed by atoms with Crippen molar-refractivity contribution in [3.63, 3.8) is 0 Å². The van der Waals surface area contributed by atoms with Gasteiger partial charge in [-0.05, 0) is 0 Å². The van der Waals surface area contributed by atoms with Gasteiger partial charge in [0, 0.05) is 6.20 Å². The number of aromatic amines is 1. The molecule has 0 aliphatic carbocycles. The third-order valence-electron chi connectivity index (χ3n) is 1.46. The van der Waals surface area contributed by atoms with Gasteiger partial charge in [-0.15, -0.1) is 0 Å². The van der Waals surface area contributed by atoms with Crippen molar-refractivity contribution in [1.29, 1.82) is 0 Å². The molecule has 0 amide bonds. The van der Waals surface area contributed by atoms with Crippen LogP contribution in [0.3, 0.4) is 0 Å². The van der Waals surface area contributed by atoms with E-state index in [9.17, 15) is 13.6 Å². The van der Waals surface area contributed by atoms with Crippen molar-refractivity contribution in [2.75, 3.05) is 7.11 Å². The molecule has 1 rings (SSSR count). The Labute approximate surface area is 77.3 Å². The van der Waals surface area contributed by atoms with E-state index >= 15 is 0 Å². The number of halogens is 3. The highest BCUT2D eigenvalue weighted by Gasteiger charge is 2.17. The zero-order valence-corrected chi connectivity index (χ0v) is 7.36. The maximum atomic E-state index is 12.2. The van der Waals surface area contributed by atoms with Gasteiger partial charge in [-0.25, -0.2) is 8.78 Å². The summed E-state index contributed by atoms with van der Waals surface area (Å²) >= 11 is 5.48. The van der Waals surface area contributed by atoms with Crippen molar-refractivity contribution in [2.24, 2.45) is 0 Å². The quantitative estimate of drug-likeness (QED) is 0.757. The molecule has 0 unspecified atom stereocenters. The van der Waals surface area contributed by atoms with E-state index in [0.29, 0.717) is 0 Å². The summed E-state index contributed by atoms with van der Waals surface area (Å²) in [5, 5.41) is -0.0862. The van der Waals surface area contributed by atoms with E-state index in [-0.39, 0.29) is 10.9 Å². The van der Waals surface area contributed by atoms with Crippen LogP contribution in [0.4, 0.5) is 8.78 Å². The molecule has 72 valence electrons. The molecule has 0 aliphatic rings. The first kappa shape index (κ1) is 9.98. The minimum Gasteiger partial charge on any atom is -0.490 e. The smallest absolute Gasteiger partial charge is 0.269 e. The summed E-state index contributed by atoms with van der Waals surface area (Å²) in [6, 6.07) is 0. The molecule has 1 heterocycles. The van der Waals surface area contributed by atoms with Gasteiger partial charge in [-0.1, -0.05) is 11.6 Å². The number of hydrogen-bond donors (Lipinski definition) is 1. The van der Waals surface area contributed by atoms with Gasteiger partial charge in [0.15, 0.2) is 5.15 Å². The molecule has 3 nitrogen and oxygen atoms in total. The maximum absolute atomic E-state index is 12.2.